The lowest BCUT2D eigenvalue weighted by Crippen LogP contribution is -2.37. The predicted octanol–water partition coefficient (Wildman–Crippen LogP) is 2.19. The van der Waals surface area contributed by atoms with Crippen LogP contribution < -0.4 is 11.1 Å². The highest BCUT2D eigenvalue weighted by Gasteiger charge is 2.24. The number of aryl methyl sites for hydroxylation is 1. The molecule has 0 saturated heterocycles. The zero-order chi connectivity index (χ0) is 13.0. The Labute approximate surface area is 108 Å². The molecule has 1 aliphatic carbocycles. The summed E-state index contributed by atoms with van der Waals surface area (Å²) in [5.41, 5.74) is 7.35. The molecular formula is C14H20N4. The highest BCUT2D eigenvalue weighted by molar-refractivity contribution is 5.45. The predicted molar refractivity (Wildman–Crippen MR) is 72.1 cm³/mol. The minimum Gasteiger partial charge on any atom is -0.367 e. The van der Waals surface area contributed by atoms with Crippen molar-refractivity contribution in [1.82, 2.24) is 4.98 Å². The molecular weight excluding hydrogens is 224 g/mol. The van der Waals surface area contributed by atoms with Gasteiger partial charge >= 0.3 is 0 Å². The summed E-state index contributed by atoms with van der Waals surface area (Å²) in [7, 11) is 0. The fraction of sp³-hybridized carbons (Fsp3) is 0.571. The van der Waals surface area contributed by atoms with E-state index in [9.17, 15) is 0 Å². The number of nitriles is 1. The summed E-state index contributed by atoms with van der Waals surface area (Å²) in [6, 6.07) is 6.17. The maximum atomic E-state index is 8.96. The molecule has 4 heteroatoms. The van der Waals surface area contributed by atoms with Crippen LogP contribution in [0.5, 0.6) is 0 Å². The van der Waals surface area contributed by atoms with E-state index in [0.717, 1.165) is 17.9 Å². The van der Waals surface area contributed by atoms with Crippen LogP contribution in [0.4, 0.5) is 5.82 Å². The van der Waals surface area contributed by atoms with Gasteiger partial charge in [-0.05, 0) is 44.4 Å². The molecule has 0 aromatic carbocycles. The van der Waals surface area contributed by atoms with Gasteiger partial charge in [0.1, 0.15) is 5.82 Å². The zero-order valence-electron chi connectivity index (χ0n) is 10.8. The third-order valence-electron chi connectivity index (χ3n) is 3.63. The molecule has 18 heavy (non-hydrogen) atoms. The minimum atomic E-state index is 0.393. The van der Waals surface area contributed by atoms with Crippen molar-refractivity contribution < 1.29 is 0 Å². The van der Waals surface area contributed by atoms with Crippen molar-refractivity contribution in [1.29, 1.82) is 5.26 Å². The molecule has 1 saturated carbocycles. The van der Waals surface area contributed by atoms with Crippen LogP contribution in [0.1, 0.15) is 36.9 Å². The molecule has 2 unspecified atom stereocenters. The average Bonchev–Trinajstić information content (AvgIpc) is 2.38. The molecule has 1 aliphatic rings. The Morgan fingerprint density at radius 1 is 1.44 bits per heavy atom. The lowest BCUT2D eigenvalue weighted by molar-refractivity contribution is 0.332. The summed E-state index contributed by atoms with van der Waals surface area (Å²) in [5, 5.41) is 12.4. The van der Waals surface area contributed by atoms with Gasteiger partial charge in [0.25, 0.3) is 0 Å². The summed E-state index contributed by atoms with van der Waals surface area (Å²) in [6.07, 6.45) is 4.83. The van der Waals surface area contributed by atoms with Gasteiger partial charge in [-0.2, -0.15) is 5.26 Å². The number of pyridine rings is 1. The summed E-state index contributed by atoms with van der Waals surface area (Å²) in [4.78, 5) is 4.44. The smallest absolute Gasteiger partial charge is 0.127 e. The van der Waals surface area contributed by atoms with Crippen LogP contribution in [0.25, 0.3) is 0 Å². The summed E-state index contributed by atoms with van der Waals surface area (Å²) >= 11 is 0. The summed E-state index contributed by atoms with van der Waals surface area (Å²) in [5.74, 6) is 1.32. The second-order valence-corrected chi connectivity index (χ2v) is 5.03. The summed E-state index contributed by atoms with van der Waals surface area (Å²) in [6.45, 7) is 2.63. The molecule has 1 heterocycles. The lowest BCUT2D eigenvalue weighted by atomic mass is 9.84. The van der Waals surface area contributed by atoms with Crippen LogP contribution in [-0.2, 0) is 0 Å². The van der Waals surface area contributed by atoms with Gasteiger partial charge in [-0.1, -0.05) is 12.8 Å². The second kappa shape index (κ2) is 5.83. The Hall–Kier alpha value is -1.60. The highest BCUT2D eigenvalue weighted by atomic mass is 15.0. The third-order valence-corrected chi connectivity index (χ3v) is 3.63. The van der Waals surface area contributed by atoms with E-state index < -0.39 is 0 Å². The fourth-order valence-corrected chi connectivity index (χ4v) is 2.68. The maximum absolute atomic E-state index is 8.96. The first kappa shape index (κ1) is 12.8. The molecule has 0 aliphatic heterocycles. The van der Waals surface area contributed by atoms with Gasteiger partial charge in [-0.15, -0.1) is 0 Å². The summed E-state index contributed by atoms with van der Waals surface area (Å²) < 4.78 is 0. The first-order valence-corrected chi connectivity index (χ1v) is 6.58. The molecule has 96 valence electrons. The Morgan fingerprint density at radius 3 is 2.94 bits per heavy atom. The van der Waals surface area contributed by atoms with Crippen LogP contribution in [0.15, 0.2) is 12.1 Å². The third kappa shape index (κ3) is 2.99. The van der Waals surface area contributed by atoms with E-state index in [1.807, 2.05) is 13.0 Å². The first-order valence-electron chi connectivity index (χ1n) is 6.58. The molecule has 2 atom stereocenters. The Morgan fingerprint density at radius 2 is 2.22 bits per heavy atom. The number of nitrogens with zero attached hydrogens (tertiary/aromatic N) is 2. The lowest BCUT2D eigenvalue weighted by Gasteiger charge is -2.31. The number of hydrogen-bond acceptors (Lipinski definition) is 4. The standard InChI is InChI=1S/C14H20N4/c1-10-6-11(8-15)7-14(17-10)18-13-5-3-2-4-12(13)9-16/h6-7,12-13H,2-5,9,16H2,1H3,(H,17,18). The van der Waals surface area contributed by atoms with Gasteiger partial charge in [0.05, 0.1) is 11.6 Å². The Balaban J connectivity index is 2.12. The van der Waals surface area contributed by atoms with Gasteiger partial charge in [0, 0.05) is 11.7 Å². The van der Waals surface area contributed by atoms with E-state index in [2.05, 4.69) is 16.4 Å². The maximum Gasteiger partial charge on any atom is 0.127 e. The fourth-order valence-electron chi connectivity index (χ4n) is 2.68. The van der Waals surface area contributed by atoms with Gasteiger partial charge in [0.15, 0.2) is 0 Å². The molecule has 2 rings (SSSR count). The molecule has 4 nitrogen and oxygen atoms in total. The SMILES string of the molecule is Cc1cc(C#N)cc(NC2CCCCC2CN)n1. The van der Waals surface area contributed by atoms with Crippen molar-refractivity contribution in [2.45, 2.75) is 38.6 Å². The van der Waals surface area contributed by atoms with Crippen LogP contribution in [0.3, 0.4) is 0 Å². The zero-order valence-corrected chi connectivity index (χ0v) is 10.8. The quantitative estimate of drug-likeness (QED) is 0.854. The number of rotatable bonds is 3. The van der Waals surface area contributed by atoms with Crippen LogP contribution in [-0.4, -0.2) is 17.6 Å². The molecule has 1 aromatic heterocycles. The van der Waals surface area contributed by atoms with Gasteiger partial charge in [-0.25, -0.2) is 4.98 Å². The Kier molecular flexibility index (Phi) is 4.16. The number of nitrogens with one attached hydrogen (secondary N) is 1. The van der Waals surface area contributed by atoms with Gasteiger partial charge in [-0.3, -0.25) is 0 Å². The molecule has 1 fully saturated rings. The van der Waals surface area contributed by atoms with Crippen molar-refractivity contribution in [3.63, 3.8) is 0 Å². The van der Waals surface area contributed by atoms with Crippen molar-refractivity contribution in [3.05, 3.63) is 23.4 Å². The first-order chi connectivity index (χ1) is 8.72. The van der Waals surface area contributed by atoms with E-state index >= 15 is 0 Å². The monoisotopic (exact) mass is 244 g/mol. The topological polar surface area (TPSA) is 74.7 Å². The number of hydrogen-bond donors (Lipinski definition) is 2. The van der Waals surface area contributed by atoms with Crippen molar-refractivity contribution in [3.8, 4) is 6.07 Å². The van der Waals surface area contributed by atoms with Crippen molar-refractivity contribution in [2.24, 2.45) is 11.7 Å². The van der Waals surface area contributed by atoms with E-state index in [-0.39, 0.29) is 0 Å². The minimum absolute atomic E-state index is 0.393. The normalized spacial score (nSPS) is 23.4. The molecule has 3 N–H and O–H groups in total. The molecule has 0 radical (unpaired) electrons. The second-order valence-electron chi connectivity index (χ2n) is 5.03. The van der Waals surface area contributed by atoms with Crippen molar-refractivity contribution >= 4 is 5.82 Å². The molecule has 0 amide bonds. The largest absolute Gasteiger partial charge is 0.367 e. The number of anilines is 1. The van der Waals surface area contributed by atoms with Crippen LogP contribution >= 0.6 is 0 Å². The van der Waals surface area contributed by atoms with Crippen LogP contribution in [0.2, 0.25) is 0 Å². The van der Waals surface area contributed by atoms with Crippen molar-refractivity contribution in [2.75, 3.05) is 11.9 Å². The van der Waals surface area contributed by atoms with Gasteiger partial charge in [0.2, 0.25) is 0 Å². The number of nitrogens with two attached hydrogens (primary N) is 1. The molecule has 1 aromatic rings. The van der Waals surface area contributed by atoms with Gasteiger partial charge < -0.3 is 11.1 Å². The van der Waals surface area contributed by atoms with Crippen LogP contribution in [0, 0.1) is 24.2 Å². The van der Waals surface area contributed by atoms with E-state index in [0.29, 0.717) is 24.1 Å². The number of aromatic nitrogens is 1. The molecule has 0 bridgehead atoms. The highest BCUT2D eigenvalue weighted by Crippen LogP contribution is 2.26. The average molecular weight is 244 g/mol. The van der Waals surface area contributed by atoms with E-state index in [1.165, 1.54) is 19.3 Å². The van der Waals surface area contributed by atoms with E-state index in [4.69, 9.17) is 11.0 Å². The Bertz CT molecular complexity index is 450. The van der Waals surface area contributed by atoms with E-state index in [1.54, 1.807) is 6.07 Å². The molecule has 0 spiro atoms.